The monoisotopic (exact) mass is 600 g/mol. The van der Waals surface area contributed by atoms with Gasteiger partial charge in [0.15, 0.2) is 5.75 Å². The van der Waals surface area contributed by atoms with Gasteiger partial charge in [0.2, 0.25) is 5.91 Å². The summed E-state index contributed by atoms with van der Waals surface area (Å²) in [6.45, 7) is 2.02. The molecule has 1 saturated heterocycles. The first-order valence-electron chi connectivity index (χ1n) is 11.9. The van der Waals surface area contributed by atoms with E-state index in [0.29, 0.717) is 40.9 Å². The Labute approximate surface area is 243 Å². The molecule has 9 nitrogen and oxygen atoms in total. The number of hydrogen-bond acceptors (Lipinski definition) is 7. The minimum Gasteiger partial charge on any atom is -0.494 e. The SMILES string of the molecule is CCOc1ccc(NC(=O)CN2C(=O)S/C(=C/c3cc(Cl)c(OCc4ccc(C(=O)O)cc4)c(Cl)c3)C2=O)cc1. The van der Waals surface area contributed by atoms with E-state index in [1.54, 1.807) is 36.4 Å². The van der Waals surface area contributed by atoms with Crippen LogP contribution in [0.3, 0.4) is 0 Å². The van der Waals surface area contributed by atoms with Gasteiger partial charge in [-0.25, -0.2) is 4.79 Å². The molecule has 2 N–H and O–H groups in total. The molecule has 3 aromatic rings. The van der Waals surface area contributed by atoms with Crippen LogP contribution in [0.4, 0.5) is 10.5 Å². The second-order valence-corrected chi connectivity index (χ2v) is 10.2. The van der Waals surface area contributed by atoms with Crippen molar-refractivity contribution in [3.8, 4) is 11.5 Å². The zero-order valence-electron chi connectivity index (χ0n) is 21.0. The van der Waals surface area contributed by atoms with Crippen LogP contribution < -0.4 is 14.8 Å². The maximum Gasteiger partial charge on any atom is 0.335 e. The quantitative estimate of drug-likeness (QED) is 0.258. The van der Waals surface area contributed by atoms with Gasteiger partial charge in [0.1, 0.15) is 18.9 Å². The number of imide groups is 1. The molecule has 1 aliphatic heterocycles. The average Bonchev–Trinajstić information content (AvgIpc) is 3.17. The number of aromatic carboxylic acids is 1. The fraction of sp³-hybridized carbons (Fsp3) is 0.143. The fourth-order valence-electron chi connectivity index (χ4n) is 3.63. The second kappa shape index (κ2) is 12.9. The van der Waals surface area contributed by atoms with E-state index < -0.39 is 29.6 Å². The zero-order valence-corrected chi connectivity index (χ0v) is 23.3. The van der Waals surface area contributed by atoms with E-state index in [9.17, 15) is 19.2 Å². The van der Waals surface area contributed by atoms with Gasteiger partial charge in [0, 0.05) is 5.69 Å². The van der Waals surface area contributed by atoms with Gasteiger partial charge in [0.25, 0.3) is 11.1 Å². The summed E-state index contributed by atoms with van der Waals surface area (Å²) in [5.41, 5.74) is 1.82. The van der Waals surface area contributed by atoms with Crippen LogP contribution >= 0.6 is 35.0 Å². The molecule has 0 saturated carbocycles. The molecule has 0 spiro atoms. The van der Waals surface area contributed by atoms with Crippen LogP contribution in [0, 0.1) is 0 Å². The van der Waals surface area contributed by atoms with Gasteiger partial charge >= 0.3 is 5.97 Å². The van der Waals surface area contributed by atoms with Crippen molar-refractivity contribution in [2.45, 2.75) is 13.5 Å². The summed E-state index contributed by atoms with van der Waals surface area (Å²) in [6, 6.07) is 15.9. The van der Waals surface area contributed by atoms with Crippen molar-refractivity contribution in [2.75, 3.05) is 18.5 Å². The number of thioether (sulfide) groups is 1. The molecule has 0 aliphatic carbocycles. The number of hydrogen-bond donors (Lipinski definition) is 2. The van der Waals surface area contributed by atoms with Crippen molar-refractivity contribution in [2.24, 2.45) is 0 Å². The number of amides is 3. The first-order valence-corrected chi connectivity index (χ1v) is 13.4. The molecule has 1 fully saturated rings. The number of nitrogens with one attached hydrogen (secondary N) is 1. The van der Waals surface area contributed by atoms with Gasteiger partial charge in [-0.2, -0.15) is 0 Å². The number of carboxylic acids is 1. The van der Waals surface area contributed by atoms with E-state index in [1.165, 1.54) is 30.3 Å². The summed E-state index contributed by atoms with van der Waals surface area (Å²) >= 11 is 13.4. The van der Waals surface area contributed by atoms with Gasteiger partial charge < -0.3 is 19.9 Å². The lowest BCUT2D eigenvalue weighted by atomic mass is 10.1. The van der Waals surface area contributed by atoms with Crippen molar-refractivity contribution in [1.29, 1.82) is 0 Å². The van der Waals surface area contributed by atoms with Crippen molar-refractivity contribution in [3.05, 3.63) is 92.3 Å². The molecule has 0 radical (unpaired) electrons. The number of carboxylic acid groups (broad SMARTS) is 1. The largest absolute Gasteiger partial charge is 0.494 e. The highest BCUT2D eigenvalue weighted by molar-refractivity contribution is 8.18. The van der Waals surface area contributed by atoms with E-state index in [2.05, 4.69) is 5.32 Å². The van der Waals surface area contributed by atoms with Gasteiger partial charge in [-0.05, 0) is 84.4 Å². The molecule has 0 atom stereocenters. The van der Waals surface area contributed by atoms with Gasteiger partial charge in [-0.3, -0.25) is 19.3 Å². The number of ether oxygens (including phenoxy) is 2. The van der Waals surface area contributed by atoms with Crippen molar-refractivity contribution < 1.29 is 33.8 Å². The number of halogens is 2. The number of nitrogens with zero attached hydrogens (tertiary/aromatic N) is 1. The Morgan fingerprint density at radius 1 is 1.00 bits per heavy atom. The first kappa shape index (κ1) is 29.0. The summed E-state index contributed by atoms with van der Waals surface area (Å²) in [4.78, 5) is 49.8. The van der Waals surface area contributed by atoms with Gasteiger partial charge in [-0.1, -0.05) is 35.3 Å². The highest BCUT2D eigenvalue weighted by atomic mass is 35.5. The van der Waals surface area contributed by atoms with Gasteiger partial charge in [-0.15, -0.1) is 0 Å². The molecule has 40 heavy (non-hydrogen) atoms. The summed E-state index contributed by atoms with van der Waals surface area (Å²) in [6.07, 6.45) is 1.46. The third-order valence-electron chi connectivity index (χ3n) is 5.53. The predicted octanol–water partition coefficient (Wildman–Crippen LogP) is 6.34. The Hall–Kier alpha value is -3.99. The Balaban J connectivity index is 1.39. The molecule has 0 bridgehead atoms. The number of carbonyl (C=O) groups excluding carboxylic acids is 3. The average molecular weight is 601 g/mol. The van der Waals surface area contributed by atoms with Crippen LogP contribution in [-0.4, -0.2) is 46.2 Å². The van der Waals surface area contributed by atoms with Gasteiger partial charge in [0.05, 0.1) is 27.1 Å². The van der Waals surface area contributed by atoms with Crippen molar-refractivity contribution in [1.82, 2.24) is 4.90 Å². The Kier molecular flexibility index (Phi) is 9.36. The first-order chi connectivity index (χ1) is 19.1. The van der Waals surface area contributed by atoms with Crippen molar-refractivity contribution in [3.63, 3.8) is 0 Å². The topological polar surface area (TPSA) is 122 Å². The van der Waals surface area contributed by atoms with E-state index in [1.807, 2.05) is 6.92 Å². The Morgan fingerprint density at radius 3 is 2.25 bits per heavy atom. The molecule has 0 unspecified atom stereocenters. The summed E-state index contributed by atoms with van der Waals surface area (Å²) in [5.74, 6) is -1.31. The molecule has 1 heterocycles. The van der Waals surface area contributed by atoms with Crippen LogP contribution in [0.1, 0.15) is 28.4 Å². The fourth-order valence-corrected chi connectivity index (χ4v) is 5.08. The van der Waals surface area contributed by atoms with E-state index >= 15 is 0 Å². The summed E-state index contributed by atoms with van der Waals surface area (Å²) in [7, 11) is 0. The van der Waals surface area contributed by atoms with Crippen molar-refractivity contribution >= 4 is 69.8 Å². The minimum atomic E-state index is -1.03. The molecule has 3 amide bonds. The molecule has 0 aromatic heterocycles. The molecule has 206 valence electrons. The number of carbonyl (C=O) groups is 4. The number of anilines is 1. The lowest BCUT2D eigenvalue weighted by Crippen LogP contribution is -2.36. The maximum atomic E-state index is 12.9. The number of rotatable bonds is 10. The molecular weight excluding hydrogens is 579 g/mol. The number of benzene rings is 3. The Morgan fingerprint density at radius 2 is 1.65 bits per heavy atom. The minimum absolute atomic E-state index is 0.0936. The van der Waals surface area contributed by atoms with Crippen LogP contribution in [0.5, 0.6) is 11.5 Å². The third kappa shape index (κ3) is 7.15. The third-order valence-corrected chi connectivity index (χ3v) is 7.00. The second-order valence-electron chi connectivity index (χ2n) is 8.38. The summed E-state index contributed by atoms with van der Waals surface area (Å²) < 4.78 is 11.1. The maximum absolute atomic E-state index is 12.9. The molecular formula is C28H22Cl2N2O7S. The highest BCUT2D eigenvalue weighted by Gasteiger charge is 2.36. The van der Waals surface area contributed by atoms with E-state index in [-0.39, 0.29) is 32.9 Å². The molecule has 12 heteroatoms. The van der Waals surface area contributed by atoms with Crippen LogP contribution in [0.15, 0.2) is 65.6 Å². The van der Waals surface area contributed by atoms with E-state index in [4.69, 9.17) is 37.8 Å². The van der Waals surface area contributed by atoms with E-state index in [0.717, 1.165) is 4.90 Å². The smallest absolute Gasteiger partial charge is 0.335 e. The molecule has 1 aliphatic rings. The summed E-state index contributed by atoms with van der Waals surface area (Å²) in [5, 5.41) is 11.4. The molecule has 4 rings (SSSR count). The molecule has 3 aromatic carbocycles. The lowest BCUT2D eigenvalue weighted by Gasteiger charge is -2.13. The lowest BCUT2D eigenvalue weighted by molar-refractivity contribution is -0.127. The normalized spacial score (nSPS) is 14.0. The predicted molar refractivity (Wildman–Crippen MR) is 153 cm³/mol. The van der Waals surface area contributed by atoms with Crippen LogP contribution in [0.25, 0.3) is 6.08 Å². The Bertz CT molecular complexity index is 1470. The zero-order chi connectivity index (χ0) is 28.8. The standard InChI is InChI=1S/C28H22Cl2N2O7S/c1-2-38-20-9-7-19(8-10-20)31-24(33)14-32-26(34)23(40-28(32)37)13-17-11-21(29)25(22(30)12-17)39-15-16-3-5-18(6-4-16)27(35)36/h3-13H,2,14-15H2,1H3,(H,31,33)(H,35,36)/b23-13+. The van der Waals surface area contributed by atoms with Crippen LogP contribution in [0.2, 0.25) is 10.0 Å². The van der Waals surface area contributed by atoms with Crippen LogP contribution in [-0.2, 0) is 16.2 Å². The highest BCUT2D eigenvalue weighted by Crippen LogP contribution is 2.38.